The third-order valence-corrected chi connectivity index (χ3v) is 3.73. The highest BCUT2D eigenvalue weighted by Gasteiger charge is 2.39. The Morgan fingerprint density at radius 1 is 1.47 bits per heavy atom. The van der Waals surface area contributed by atoms with E-state index in [1.165, 1.54) is 25.9 Å². The molecule has 1 saturated heterocycles. The van der Waals surface area contributed by atoms with Gasteiger partial charge in [-0.25, -0.2) is 0 Å². The standard InChI is InChI=1S/C12H24N2O/c1-9-7-14(10(2)8-15-3)12(6-13-9)11-4-5-11/h9-13H,4-8H2,1-3H3. The van der Waals surface area contributed by atoms with Crippen LogP contribution in [-0.2, 0) is 4.74 Å². The van der Waals surface area contributed by atoms with Crippen molar-refractivity contribution < 1.29 is 4.74 Å². The number of hydrogen-bond donors (Lipinski definition) is 1. The molecule has 0 aromatic carbocycles. The van der Waals surface area contributed by atoms with Crippen molar-refractivity contribution in [3.8, 4) is 0 Å². The quantitative estimate of drug-likeness (QED) is 0.755. The molecule has 1 saturated carbocycles. The average molecular weight is 212 g/mol. The molecule has 1 heterocycles. The number of rotatable bonds is 4. The lowest BCUT2D eigenvalue weighted by atomic mass is 10.0. The number of nitrogens with zero attached hydrogens (tertiary/aromatic N) is 1. The van der Waals surface area contributed by atoms with E-state index in [1.807, 2.05) is 0 Å². The molecule has 2 fully saturated rings. The van der Waals surface area contributed by atoms with Gasteiger partial charge in [0.2, 0.25) is 0 Å². The summed E-state index contributed by atoms with van der Waals surface area (Å²) in [6.07, 6.45) is 2.86. The van der Waals surface area contributed by atoms with Crippen LogP contribution in [0.15, 0.2) is 0 Å². The smallest absolute Gasteiger partial charge is 0.0615 e. The van der Waals surface area contributed by atoms with Crippen LogP contribution in [0.2, 0.25) is 0 Å². The summed E-state index contributed by atoms with van der Waals surface area (Å²) < 4.78 is 5.28. The molecule has 0 bridgehead atoms. The molecule has 0 aromatic heterocycles. The molecule has 3 nitrogen and oxygen atoms in total. The molecule has 1 aliphatic heterocycles. The Bertz CT molecular complexity index is 206. The van der Waals surface area contributed by atoms with E-state index in [4.69, 9.17) is 4.74 Å². The molecule has 1 N–H and O–H groups in total. The highest BCUT2D eigenvalue weighted by molar-refractivity contribution is 4.95. The topological polar surface area (TPSA) is 24.5 Å². The zero-order valence-electron chi connectivity index (χ0n) is 10.2. The van der Waals surface area contributed by atoms with Gasteiger partial charge in [0.1, 0.15) is 0 Å². The first-order valence-corrected chi connectivity index (χ1v) is 6.20. The minimum atomic E-state index is 0.560. The molecule has 3 heteroatoms. The molecule has 0 spiro atoms. The third-order valence-electron chi connectivity index (χ3n) is 3.73. The van der Waals surface area contributed by atoms with Crippen molar-refractivity contribution >= 4 is 0 Å². The maximum Gasteiger partial charge on any atom is 0.0615 e. The van der Waals surface area contributed by atoms with Crippen LogP contribution in [0.25, 0.3) is 0 Å². The van der Waals surface area contributed by atoms with E-state index in [0.717, 1.165) is 18.6 Å². The summed E-state index contributed by atoms with van der Waals surface area (Å²) >= 11 is 0. The van der Waals surface area contributed by atoms with E-state index in [-0.39, 0.29) is 0 Å². The van der Waals surface area contributed by atoms with E-state index in [9.17, 15) is 0 Å². The van der Waals surface area contributed by atoms with Crippen molar-refractivity contribution in [2.75, 3.05) is 26.8 Å². The van der Waals surface area contributed by atoms with Crippen LogP contribution in [0.4, 0.5) is 0 Å². The van der Waals surface area contributed by atoms with Gasteiger partial charge in [0.25, 0.3) is 0 Å². The molecular weight excluding hydrogens is 188 g/mol. The van der Waals surface area contributed by atoms with Crippen molar-refractivity contribution in [3.63, 3.8) is 0 Å². The molecular formula is C12H24N2O. The lowest BCUT2D eigenvalue weighted by Gasteiger charge is -2.43. The molecule has 3 atom stereocenters. The minimum absolute atomic E-state index is 0.560. The first-order chi connectivity index (χ1) is 7.22. The normalized spacial score (nSPS) is 35.4. The second-order valence-corrected chi connectivity index (χ2v) is 5.22. The van der Waals surface area contributed by atoms with Gasteiger partial charge in [-0.2, -0.15) is 0 Å². The summed E-state index contributed by atoms with van der Waals surface area (Å²) in [7, 11) is 1.80. The highest BCUT2D eigenvalue weighted by atomic mass is 16.5. The molecule has 2 rings (SSSR count). The van der Waals surface area contributed by atoms with E-state index < -0.39 is 0 Å². The van der Waals surface area contributed by atoms with Gasteiger partial charge < -0.3 is 10.1 Å². The van der Waals surface area contributed by atoms with Gasteiger partial charge in [-0.15, -0.1) is 0 Å². The molecule has 1 aliphatic carbocycles. The first-order valence-electron chi connectivity index (χ1n) is 6.20. The van der Waals surface area contributed by atoms with Gasteiger partial charge in [-0.1, -0.05) is 0 Å². The van der Waals surface area contributed by atoms with Gasteiger partial charge in [0, 0.05) is 38.3 Å². The molecule has 2 aliphatic rings. The lowest BCUT2D eigenvalue weighted by molar-refractivity contribution is 0.0357. The van der Waals surface area contributed by atoms with Crippen molar-refractivity contribution in [1.29, 1.82) is 0 Å². The minimum Gasteiger partial charge on any atom is -0.383 e. The van der Waals surface area contributed by atoms with Crippen LogP contribution < -0.4 is 5.32 Å². The summed E-state index contributed by atoms with van der Waals surface area (Å²) in [4.78, 5) is 2.66. The van der Waals surface area contributed by atoms with Crippen LogP contribution in [0.1, 0.15) is 26.7 Å². The summed E-state index contributed by atoms with van der Waals surface area (Å²) in [5.41, 5.74) is 0. The second kappa shape index (κ2) is 4.81. The number of piperazine rings is 1. The fourth-order valence-electron chi connectivity index (χ4n) is 2.72. The summed E-state index contributed by atoms with van der Waals surface area (Å²) in [5, 5.41) is 3.60. The molecule has 0 amide bonds. The summed E-state index contributed by atoms with van der Waals surface area (Å²) in [6, 6.07) is 1.94. The predicted molar refractivity (Wildman–Crippen MR) is 62.0 cm³/mol. The Hall–Kier alpha value is -0.120. The molecule has 0 aromatic rings. The Morgan fingerprint density at radius 3 is 2.80 bits per heavy atom. The maximum absolute atomic E-state index is 5.28. The van der Waals surface area contributed by atoms with Gasteiger partial charge in [-0.3, -0.25) is 4.90 Å². The van der Waals surface area contributed by atoms with Crippen molar-refractivity contribution in [2.24, 2.45) is 5.92 Å². The van der Waals surface area contributed by atoms with Gasteiger partial charge in [-0.05, 0) is 32.6 Å². The van der Waals surface area contributed by atoms with Crippen molar-refractivity contribution in [1.82, 2.24) is 10.2 Å². The first kappa shape index (κ1) is 11.4. The van der Waals surface area contributed by atoms with Gasteiger partial charge in [0.15, 0.2) is 0 Å². The SMILES string of the molecule is COCC(C)N1CC(C)NCC1C1CC1. The van der Waals surface area contributed by atoms with Crippen LogP contribution in [0.3, 0.4) is 0 Å². The van der Waals surface area contributed by atoms with Crippen molar-refractivity contribution in [2.45, 2.75) is 44.8 Å². The van der Waals surface area contributed by atoms with Crippen LogP contribution in [-0.4, -0.2) is 49.8 Å². The maximum atomic E-state index is 5.28. The zero-order valence-corrected chi connectivity index (χ0v) is 10.2. The zero-order chi connectivity index (χ0) is 10.8. The number of ether oxygens (including phenoxy) is 1. The number of hydrogen-bond acceptors (Lipinski definition) is 3. The largest absolute Gasteiger partial charge is 0.383 e. The fraction of sp³-hybridized carbons (Fsp3) is 1.00. The molecule has 88 valence electrons. The highest BCUT2D eigenvalue weighted by Crippen LogP contribution is 2.36. The average Bonchev–Trinajstić information content (AvgIpc) is 3.01. The van der Waals surface area contributed by atoms with Crippen LogP contribution in [0.5, 0.6) is 0 Å². The Labute approximate surface area is 93.2 Å². The van der Waals surface area contributed by atoms with Gasteiger partial charge >= 0.3 is 0 Å². The van der Waals surface area contributed by atoms with E-state index in [0.29, 0.717) is 12.1 Å². The fourth-order valence-corrected chi connectivity index (χ4v) is 2.72. The van der Waals surface area contributed by atoms with E-state index in [1.54, 1.807) is 7.11 Å². The summed E-state index contributed by atoms with van der Waals surface area (Å²) in [6.45, 7) is 7.76. The van der Waals surface area contributed by atoms with Crippen LogP contribution >= 0.6 is 0 Å². The Balaban J connectivity index is 1.95. The summed E-state index contributed by atoms with van der Waals surface area (Å²) in [5.74, 6) is 0.948. The second-order valence-electron chi connectivity index (χ2n) is 5.22. The third kappa shape index (κ3) is 2.71. The lowest BCUT2D eigenvalue weighted by Crippen LogP contribution is -2.59. The number of nitrogens with one attached hydrogen (secondary N) is 1. The van der Waals surface area contributed by atoms with E-state index >= 15 is 0 Å². The Morgan fingerprint density at radius 2 is 2.20 bits per heavy atom. The van der Waals surface area contributed by atoms with Gasteiger partial charge in [0.05, 0.1) is 6.61 Å². The molecule has 15 heavy (non-hydrogen) atoms. The monoisotopic (exact) mass is 212 g/mol. The molecule has 0 radical (unpaired) electrons. The predicted octanol–water partition coefficient (Wildman–Crippen LogP) is 1.09. The molecule has 3 unspecified atom stereocenters. The number of methoxy groups -OCH3 is 1. The van der Waals surface area contributed by atoms with Crippen LogP contribution in [0, 0.1) is 5.92 Å². The van der Waals surface area contributed by atoms with E-state index in [2.05, 4.69) is 24.1 Å². The Kier molecular flexibility index (Phi) is 3.65. The van der Waals surface area contributed by atoms with Crippen molar-refractivity contribution in [3.05, 3.63) is 0 Å².